The molecule has 6 heteroatoms. The van der Waals surface area contributed by atoms with Gasteiger partial charge in [0.25, 0.3) is 0 Å². The van der Waals surface area contributed by atoms with Gasteiger partial charge in [0.2, 0.25) is 0 Å². The Morgan fingerprint density at radius 3 is 1.72 bits per heavy atom. The van der Waals surface area contributed by atoms with Crippen LogP contribution >= 0.6 is 0 Å². The molecular formula is C48H56N6. The molecule has 0 unspecified atom stereocenters. The fraction of sp³-hybridized carbons (Fsp3) is 0.333. The number of nitrogen functional groups attached to an aromatic ring is 2. The number of benzene rings is 2. The van der Waals surface area contributed by atoms with Crippen molar-refractivity contribution in [2.45, 2.75) is 99.8 Å². The summed E-state index contributed by atoms with van der Waals surface area (Å²) in [4.78, 5) is 15.3. The molecule has 0 fully saturated rings. The zero-order valence-corrected chi connectivity index (χ0v) is 33.5. The third-order valence-electron chi connectivity index (χ3n) is 11.5. The highest BCUT2D eigenvalue weighted by Gasteiger charge is 2.28. The van der Waals surface area contributed by atoms with Gasteiger partial charge in [-0.25, -0.2) is 9.97 Å². The Hall–Kier alpha value is -5.36. The summed E-state index contributed by atoms with van der Waals surface area (Å²) in [6.07, 6.45) is 12.0. The van der Waals surface area contributed by atoms with Gasteiger partial charge in [0.1, 0.15) is 0 Å². The van der Waals surface area contributed by atoms with E-state index in [9.17, 15) is 0 Å². The molecule has 6 nitrogen and oxygen atoms in total. The van der Waals surface area contributed by atoms with Gasteiger partial charge in [-0.3, -0.25) is 0 Å². The molecule has 0 atom stereocenters. The highest BCUT2D eigenvalue weighted by atomic mass is 15.0. The van der Waals surface area contributed by atoms with Crippen molar-refractivity contribution in [3.05, 3.63) is 116 Å². The highest BCUT2D eigenvalue weighted by molar-refractivity contribution is 6.05. The molecule has 2 aromatic carbocycles. The standard InChI is InChI=1S/C48H56N6/c1-9-17-33-40-25-26-41(51-40)34(18-10-2)47-28(5)29(6)48(54(47)8)36(20-12-4)44-30(7)43(32-22-14-16-24-39(32)50)46(53-44)35(19-11-3)45-37(27-42(33)52-45)31-21-13-15-23-38(31)49/h13-16,21-27,52H,9-12,17-20,49-50H2,1-8H3. The number of aromatic amines is 1. The Balaban J connectivity index is 1.83. The zero-order valence-electron chi connectivity index (χ0n) is 33.5. The first kappa shape index (κ1) is 37.0. The topological polar surface area (TPSA) is 98.5 Å². The number of allylic oxidation sites excluding steroid dienone is 1. The molecule has 278 valence electrons. The molecule has 8 bridgehead atoms. The summed E-state index contributed by atoms with van der Waals surface area (Å²) < 4.78 is 2.45. The van der Waals surface area contributed by atoms with Gasteiger partial charge < -0.3 is 21.0 Å². The van der Waals surface area contributed by atoms with Crippen molar-refractivity contribution >= 4 is 56.7 Å². The molecular weight excluding hydrogens is 661 g/mol. The van der Waals surface area contributed by atoms with Crippen molar-refractivity contribution in [2.75, 3.05) is 11.5 Å². The molecule has 0 amide bonds. The van der Waals surface area contributed by atoms with Crippen LogP contribution in [-0.2, 0) is 32.7 Å². The third-order valence-corrected chi connectivity index (χ3v) is 11.5. The van der Waals surface area contributed by atoms with Crippen LogP contribution in [0, 0.1) is 13.8 Å². The molecule has 7 rings (SSSR count). The number of H-pyrrole nitrogens is 1. The molecule has 2 aliphatic heterocycles. The van der Waals surface area contributed by atoms with E-state index in [2.05, 4.69) is 108 Å². The molecule has 5 aromatic rings. The first-order valence-corrected chi connectivity index (χ1v) is 20.0. The minimum absolute atomic E-state index is 0.749. The van der Waals surface area contributed by atoms with Crippen LogP contribution < -0.4 is 11.5 Å². The minimum Gasteiger partial charge on any atom is -0.398 e. The summed E-state index contributed by atoms with van der Waals surface area (Å²) in [6, 6.07) is 18.8. The second kappa shape index (κ2) is 15.2. The number of para-hydroxylation sites is 2. The normalized spacial score (nSPS) is 12.7. The SMILES string of the molecule is CCCc1c2nc(c(CCC)c3c(C)c(C)c(c(CCC)c4nc(c(CCC)c5[nH]c1cc5-c1ccccc1N)C(c1ccccc1N)=C4C)n3C)C=C2. The summed E-state index contributed by atoms with van der Waals surface area (Å²) >= 11 is 0. The van der Waals surface area contributed by atoms with Crippen molar-refractivity contribution in [1.29, 1.82) is 0 Å². The molecule has 0 saturated carbocycles. The van der Waals surface area contributed by atoms with Gasteiger partial charge in [-0.2, -0.15) is 0 Å². The van der Waals surface area contributed by atoms with Crippen molar-refractivity contribution in [1.82, 2.24) is 19.5 Å². The van der Waals surface area contributed by atoms with Crippen LogP contribution in [0.15, 0.2) is 54.6 Å². The second-order valence-corrected chi connectivity index (χ2v) is 15.1. The predicted molar refractivity (Wildman–Crippen MR) is 232 cm³/mol. The Labute approximate surface area is 321 Å². The lowest BCUT2D eigenvalue weighted by atomic mass is 9.91. The predicted octanol–water partition coefficient (Wildman–Crippen LogP) is 11.7. The smallest absolute Gasteiger partial charge is 0.0772 e. The van der Waals surface area contributed by atoms with Crippen LogP contribution in [0.2, 0.25) is 0 Å². The van der Waals surface area contributed by atoms with Crippen LogP contribution in [0.1, 0.15) is 122 Å². The number of nitrogens with zero attached hydrogens (tertiary/aromatic N) is 3. The molecule has 0 spiro atoms. The van der Waals surface area contributed by atoms with E-state index < -0.39 is 0 Å². The van der Waals surface area contributed by atoms with Crippen molar-refractivity contribution < 1.29 is 0 Å². The summed E-state index contributed by atoms with van der Waals surface area (Å²) in [7, 11) is 2.25. The summed E-state index contributed by atoms with van der Waals surface area (Å²) in [6.45, 7) is 15.9. The highest BCUT2D eigenvalue weighted by Crippen LogP contribution is 2.44. The van der Waals surface area contributed by atoms with Crippen molar-refractivity contribution in [3.63, 3.8) is 0 Å². The molecule has 0 aliphatic carbocycles. The van der Waals surface area contributed by atoms with E-state index in [1.54, 1.807) is 0 Å². The van der Waals surface area contributed by atoms with E-state index in [0.717, 1.165) is 124 Å². The van der Waals surface area contributed by atoms with E-state index in [4.69, 9.17) is 21.4 Å². The van der Waals surface area contributed by atoms with Gasteiger partial charge >= 0.3 is 0 Å². The monoisotopic (exact) mass is 716 g/mol. The van der Waals surface area contributed by atoms with E-state index >= 15 is 0 Å². The second-order valence-electron chi connectivity index (χ2n) is 15.1. The van der Waals surface area contributed by atoms with Crippen LogP contribution in [0.3, 0.4) is 0 Å². The number of nitrogens with two attached hydrogens (primary N) is 2. The number of fused-ring (bicyclic) bond motifs is 8. The van der Waals surface area contributed by atoms with Gasteiger partial charge in [0.15, 0.2) is 0 Å². The number of anilines is 2. The largest absolute Gasteiger partial charge is 0.398 e. The Morgan fingerprint density at radius 2 is 1.11 bits per heavy atom. The van der Waals surface area contributed by atoms with Gasteiger partial charge in [-0.1, -0.05) is 89.8 Å². The van der Waals surface area contributed by atoms with E-state index in [1.165, 1.54) is 44.4 Å². The number of hydrogen-bond acceptors (Lipinski definition) is 4. The molecule has 0 radical (unpaired) electrons. The van der Waals surface area contributed by atoms with Gasteiger partial charge in [0.05, 0.1) is 28.3 Å². The summed E-state index contributed by atoms with van der Waals surface area (Å²) in [5, 5.41) is 0. The minimum atomic E-state index is 0.749. The Kier molecular flexibility index (Phi) is 10.4. The molecule has 0 saturated heterocycles. The molecule has 3 aromatic heterocycles. The quantitative estimate of drug-likeness (QED) is 0.123. The molecule has 2 aliphatic rings. The lowest BCUT2D eigenvalue weighted by Gasteiger charge is -2.13. The lowest BCUT2D eigenvalue weighted by Crippen LogP contribution is -2.00. The average molecular weight is 717 g/mol. The maximum atomic E-state index is 6.87. The number of rotatable bonds is 10. The fourth-order valence-electron chi connectivity index (χ4n) is 8.93. The van der Waals surface area contributed by atoms with Gasteiger partial charge in [-0.05, 0) is 93.5 Å². The van der Waals surface area contributed by atoms with Crippen molar-refractivity contribution in [3.8, 4) is 11.1 Å². The number of hydrogen-bond donors (Lipinski definition) is 3. The Morgan fingerprint density at radius 1 is 0.593 bits per heavy atom. The van der Waals surface area contributed by atoms with Crippen LogP contribution in [-0.4, -0.2) is 19.5 Å². The third kappa shape index (κ3) is 6.15. The molecule has 54 heavy (non-hydrogen) atoms. The first-order chi connectivity index (χ1) is 26.1. The maximum Gasteiger partial charge on any atom is 0.0772 e. The first-order valence-electron chi connectivity index (χ1n) is 20.0. The maximum absolute atomic E-state index is 6.87. The average Bonchev–Trinajstić information content (AvgIpc) is 3.94. The molecule has 5 N–H and O–H groups in total. The van der Waals surface area contributed by atoms with E-state index in [-0.39, 0.29) is 0 Å². The van der Waals surface area contributed by atoms with Crippen LogP contribution in [0.4, 0.5) is 11.4 Å². The number of aromatic nitrogens is 4. The van der Waals surface area contributed by atoms with Crippen LogP contribution in [0.25, 0.3) is 56.5 Å². The zero-order chi connectivity index (χ0) is 38.3. The lowest BCUT2D eigenvalue weighted by molar-refractivity contribution is 0.884. The fourth-order valence-corrected chi connectivity index (χ4v) is 8.93. The van der Waals surface area contributed by atoms with Crippen LogP contribution in [0.5, 0.6) is 0 Å². The van der Waals surface area contributed by atoms with E-state index in [0.29, 0.717) is 0 Å². The summed E-state index contributed by atoms with van der Waals surface area (Å²) in [5.74, 6) is 0. The van der Waals surface area contributed by atoms with Gasteiger partial charge in [0, 0.05) is 79.5 Å². The van der Waals surface area contributed by atoms with Gasteiger partial charge in [-0.15, -0.1) is 0 Å². The number of aryl methyl sites for hydroxylation is 7. The molecule has 5 heterocycles. The summed E-state index contributed by atoms with van der Waals surface area (Å²) in [5.41, 5.74) is 36.9. The number of nitrogens with one attached hydrogen (secondary N) is 1. The Bertz CT molecular complexity index is 2500. The van der Waals surface area contributed by atoms with E-state index in [1.807, 2.05) is 24.3 Å². The van der Waals surface area contributed by atoms with Crippen molar-refractivity contribution in [2.24, 2.45) is 7.05 Å².